The summed E-state index contributed by atoms with van der Waals surface area (Å²) >= 11 is 1.82. The maximum Gasteiger partial charge on any atom is 0.122 e. The van der Waals surface area contributed by atoms with Gasteiger partial charge in [0.25, 0.3) is 0 Å². The third kappa shape index (κ3) is 1.93. The zero-order valence-electron chi connectivity index (χ0n) is 10.4. The molecule has 0 saturated carbocycles. The molecule has 3 rings (SSSR count). The van der Waals surface area contributed by atoms with Gasteiger partial charge in [-0.1, -0.05) is 25.1 Å². The van der Waals surface area contributed by atoms with Crippen molar-refractivity contribution in [3.05, 3.63) is 51.7 Å². The Morgan fingerprint density at radius 1 is 1.33 bits per heavy atom. The number of para-hydroxylation sites is 1. The molecule has 2 atom stereocenters. The minimum Gasteiger partial charge on any atom is -0.493 e. The molecule has 1 aromatic carbocycles. The Bertz CT molecular complexity index is 549. The van der Waals surface area contributed by atoms with Gasteiger partial charge in [0.1, 0.15) is 5.75 Å². The standard InChI is InChI=1S/C15H17NOS/c1-2-10-7-8-14(18-10)15(16)12-9-17-13-6-4-3-5-11(12)13/h3-8,12,15H,2,9,16H2,1H3. The van der Waals surface area contributed by atoms with Gasteiger partial charge in [0.15, 0.2) is 0 Å². The summed E-state index contributed by atoms with van der Waals surface area (Å²) in [5.41, 5.74) is 7.66. The van der Waals surface area contributed by atoms with E-state index in [2.05, 4.69) is 31.2 Å². The van der Waals surface area contributed by atoms with Crippen LogP contribution in [-0.4, -0.2) is 6.61 Å². The average molecular weight is 259 g/mol. The molecule has 0 fully saturated rings. The van der Waals surface area contributed by atoms with Crippen molar-refractivity contribution in [2.45, 2.75) is 25.3 Å². The second-order valence-electron chi connectivity index (χ2n) is 4.64. The van der Waals surface area contributed by atoms with Crippen LogP contribution in [-0.2, 0) is 6.42 Å². The number of hydrogen-bond acceptors (Lipinski definition) is 3. The monoisotopic (exact) mass is 259 g/mol. The molecule has 94 valence electrons. The van der Waals surface area contributed by atoms with E-state index in [9.17, 15) is 0 Å². The van der Waals surface area contributed by atoms with Crippen molar-refractivity contribution in [3.63, 3.8) is 0 Å². The van der Waals surface area contributed by atoms with Crippen molar-refractivity contribution in [1.29, 1.82) is 0 Å². The van der Waals surface area contributed by atoms with Gasteiger partial charge in [0, 0.05) is 27.3 Å². The third-order valence-corrected chi connectivity index (χ3v) is 4.86. The van der Waals surface area contributed by atoms with Gasteiger partial charge in [-0.05, 0) is 24.6 Å². The molecule has 0 aliphatic carbocycles. The maximum atomic E-state index is 6.41. The smallest absolute Gasteiger partial charge is 0.122 e. The lowest BCUT2D eigenvalue weighted by atomic mass is 9.93. The number of aryl methyl sites for hydroxylation is 1. The van der Waals surface area contributed by atoms with Gasteiger partial charge in [0.2, 0.25) is 0 Å². The number of hydrogen-bond donors (Lipinski definition) is 1. The minimum absolute atomic E-state index is 0.0407. The highest BCUT2D eigenvalue weighted by Gasteiger charge is 2.30. The summed E-state index contributed by atoms with van der Waals surface area (Å²) in [6, 6.07) is 12.6. The van der Waals surface area contributed by atoms with Gasteiger partial charge < -0.3 is 10.5 Å². The molecule has 18 heavy (non-hydrogen) atoms. The largest absolute Gasteiger partial charge is 0.493 e. The van der Waals surface area contributed by atoms with E-state index in [1.54, 1.807) is 0 Å². The molecule has 0 bridgehead atoms. The first-order valence-corrected chi connectivity index (χ1v) is 7.17. The molecule has 2 heterocycles. The molecule has 2 aromatic rings. The van der Waals surface area contributed by atoms with E-state index in [0.29, 0.717) is 6.61 Å². The zero-order chi connectivity index (χ0) is 12.5. The topological polar surface area (TPSA) is 35.2 Å². The molecule has 1 aliphatic rings. The second-order valence-corrected chi connectivity index (χ2v) is 5.84. The minimum atomic E-state index is 0.0407. The Hall–Kier alpha value is -1.32. The van der Waals surface area contributed by atoms with E-state index >= 15 is 0 Å². The van der Waals surface area contributed by atoms with E-state index in [0.717, 1.165) is 12.2 Å². The van der Waals surface area contributed by atoms with E-state index in [-0.39, 0.29) is 12.0 Å². The lowest BCUT2D eigenvalue weighted by molar-refractivity contribution is 0.316. The second kappa shape index (κ2) is 4.75. The first kappa shape index (κ1) is 11.8. The van der Waals surface area contributed by atoms with Gasteiger partial charge in [-0.15, -0.1) is 11.3 Å². The quantitative estimate of drug-likeness (QED) is 0.915. The Kier molecular flexibility index (Phi) is 3.10. The number of nitrogens with two attached hydrogens (primary N) is 1. The van der Waals surface area contributed by atoms with Crippen LogP contribution >= 0.6 is 11.3 Å². The molecule has 1 aromatic heterocycles. The molecular formula is C15H17NOS. The normalized spacial score (nSPS) is 19.3. The number of fused-ring (bicyclic) bond motifs is 1. The average Bonchev–Trinajstić information content (AvgIpc) is 3.04. The number of rotatable bonds is 3. The van der Waals surface area contributed by atoms with Gasteiger partial charge in [-0.2, -0.15) is 0 Å². The zero-order valence-corrected chi connectivity index (χ0v) is 11.2. The molecule has 0 amide bonds. The van der Waals surface area contributed by atoms with E-state index in [1.165, 1.54) is 15.3 Å². The van der Waals surface area contributed by atoms with Crippen molar-refractivity contribution in [2.75, 3.05) is 6.61 Å². The van der Waals surface area contributed by atoms with Crippen LogP contribution in [0.15, 0.2) is 36.4 Å². The van der Waals surface area contributed by atoms with E-state index in [4.69, 9.17) is 10.5 Å². The Morgan fingerprint density at radius 2 is 2.17 bits per heavy atom. The van der Waals surface area contributed by atoms with Crippen LogP contribution in [0.25, 0.3) is 0 Å². The maximum absolute atomic E-state index is 6.41. The molecule has 0 radical (unpaired) electrons. The van der Waals surface area contributed by atoms with Crippen molar-refractivity contribution in [1.82, 2.24) is 0 Å². The van der Waals surface area contributed by atoms with Crippen LogP contribution in [0, 0.1) is 0 Å². The Morgan fingerprint density at radius 3 is 2.94 bits per heavy atom. The van der Waals surface area contributed by atoms with Gasteiger partial charge >= 0.3 is 0 Å². The molecular weight excluding hydrogens is 242 g/mol. The summed E-state index contributed by atoms with van der Waals surface area (Å²) in [7, 11) is 0. The van der Waals surface area contributed by atoms with Crippen LogP contribution in [0.4, 0.5) is 0 Å². The molecule has 1 aliphatic heterocycles. The highest BCUT2D eigenvalue weighted by Crippen LogP contribution is 2.41. The highest BCUT2D eigenvalue weighted by atomic mass is 32.1. The summed E-state index contributed by atoms with van der Waals surface area (Å²) in [6.45, 7) is 2.87. The number of benzene rings is 1. The predicted octanol–water partition coefficient (Wildman–Crippen LogP) is 3.49. The number of ether oxygens (including phenoxy) is 1. The fourth-order valence-corrected chi connectivity index (χ4v) is 3.47. The highest BCUT2D eigenvalue weighted by molar-refractivity contribution is 7.12. The SMILES string of the molecule is CCc1ccc(C(N)C2COc3ccccc32)s1. The van der Waals surface area contributed by atoms with Crippen LogP contribution in [0.5, 0.6) is 5.75 Å². The summed E-state index contributed by atoms with van der Waals surface area (Å²) < 4.78 is 5.71. The predicted molar refractivity (Wildman–Crippen MR) is 75.3 cm³/mol. The lowest BCUT2D eigenvalue weighted by Gasteiger charge is -2.16. The first-order valence-electron chi connectivity index (χ1n) is 6.35. The first-order chi connectivity index (χ1) is 8.79. The van der Waals surface area contributed by atoms with E-state index in [1.807, 2.05) is 23.5 Å². The summed E-state index contributed by atoms with van der Waals surface area (Å²) in [5, 5.41) is 0. The fourth-order valence-electron chi connectivity index (χ4n) is 2.45. The molecule has 2 unspecified atom stereocenters. The molecule has 3 heteroatoms. The van der Waals surface area contributed by atoms with Crippen LogP contribution in [0.1, 0.15) is 34.2 Å². The lowest BCUT2D eigenvalue weighted by Crippen LogP contribution is -2.19. The van der Waals surface area contributed by atoms with Gasteiger partial charge in [-0.3, -0.25) is 0 Å². The molecule has 2 N–H and O–H groups in total. The van der Waals surface area contributed by atoms with Crippen LogP contribution in [0.2, 0.25) is 0 Å². The van der Waals surface area contributed by atoms with Crippen molar-refractivity contribution >= 4 is 11.3 Å². The fraction of sp³-hybridized carbons (Fsp3) is 0.333. The molecule has 0 saturated heterocycles. The van der Waals surface area contributed by atoms with Crippen molar-refractivity contribution in [3.8, 4) is 5.75 Å². The van der Waals surface area contributed by atoms with Gasteiger partial charge in [0.05, 0.1) is 6.61 Å². The molecule has 0 spiro atoms. The van der Waals surface area contributed by atoms with Gasteiger partial charge in [-0.25, -0.2) is 0 Å². The van der Waals surface area contributed by atoms with E-state index < -0.39 is 0 Å². The van der Waals surface area contributed by atoms with Crippen molar-refractivity contribution in [2.24, 2.45) is 5.73 Å². The Labute approximate surface area is 111 Å². The number of thiophene rings is 1. The summed E-state index contributed by atoms with van der Waals surface area (Å²) in [5.74, 6) is 1.27. The van der Waals surface area contributed by atoms with Crippen LogP contribution < -0.4 is 10.5 Å². The van der Waals surface area contributed by atoms with Crippen LogP contribution in [0.3, 0.4) is 0 Å². The molecule has 2 nitrogen and oxygen atoms in total. The third-order valence-electron chi connectivity index (χ3n) is 3.53. The summed E-state index contributed by atoms with van der Waals surface area (Å²) in [4.78, 5) is 2.66. The van der Waals surface area contributed by atoms with Crippen molar-refractivity contribution < 1.29 is 4.74 Å². The summed E-state index contributed by atoms with van der Waals surface area (Å²) in [6.07, 6.45) is 1.08. The Balaban J connectivity index is 1.88.